The van der Waals surface area contributed by atoms with Gasteiger partial charge in [-0.15, -0.1) is 0 Å². The van der Waals surface area contributed by atoms with Crippen molar-refractivity contribution in [3.8, 4) is 6.07 Å². The number of halogens is 2. The monoisotopic (exact) mass is 399 g/mol. The van der Waals surface area contributed by atoms with Gasteiger partial charge in [-0.1, -0.05) is 0 Å². The van der Waals surface area contributed by atoms with E-state index in [1.165, 1.54) is 0 Å². The van der Waals surface area contributed by atoms with Gasteiger partial charge in [0, 0.05) is 19.9 Å². The number of nitriles is 1. The summed E-state index contributed by atoms with van der Waals surface area (Å²) in [5.74, 6) is 0.664. The van der Waals surface area contributed by atoms with Crippen LogP contribution in [-0.2, 0) is 0 Å². The minimum Gasteiger partial charge on any atom is -0.340 e. The van der Waals surface area contributed by atoms with Gasteiger partial charge in [0.1, 0.15) is 5.82 Å². The molecule has 1 N–H and O–H groups in total. The van der Waals surface area contributed by atoms with E-state index in [0.29, 0.717) is 11.4 Å². The molecule has 17 heavy (non-hydrogen) atoms. The molecule has 0 saturated carbocycles. The zero-order valence-electron chi connectivity index (χ0n) is 8.61. The quantitative estimate of drug-likeness (QED) is 0.774. The lowest BCUT2D eigenvalue weighted by molar-refractivity contribution is 1.29. The lowest BCUT2D eigenvalue weighted by Crippen LogP contribution is -1.94. The zero-order valence-corrected chi connectivity index (χ0v) is 12.4. The molecule has 1 aromatic heterocycles. The van der Waals surface area contributed by atoms with Crippen LogP contribution in [0.15, 0.2) is 41.0 Å². The number of hydrogen-bond donors (Lipinski definition) is 1. The van der Waals surface area contributed by atoms with Crippen molar-refractivity contribution < 1.29 is 0 Å². The number of nitrogens with zero attached hydrogens (tertiary/aromatic N) is 2. The predicted octanol–water partition coefficient (Wildman–Crippen LogP) is 4.06. The second kappa shape index (κ2) is 5.47. The van der Waals surface area contributed by atoms with Crippen molar-refractivity contribution in [3.63, 3.8) is 0 Å². The van der Waals surface area contributed by atoms with E-state index in [1.54, 1.807) is 18.3 Å². The molecule has 84 valence electrons. The molecule has 2 rings (SSSR count). The molecule has 2 aromatic rings. The Bertz CT molecular complexity index is 593. The molecule has 3 nitrogen and oxygen atoms in total. The van der Waals surface area contributed by atoms with E-state index in [4.69, 9.17) is 5.26 Å². The number of aromatic nitrogens is 1. The molecular weight excluding hydrogens is 393 g/mol. The van der Waals surface area contributed by atoms with Gasteiger partial charge in [0.05, 0.1) is 11.6 Å². The van der Waals surface area contributed by atoms with E-state index in [-0.39, 0.29) is 0 Å². The highest BCUT2D eigenvalue weighted by Crippen LogP contribution is 2.24. The third-order valence-corrected chi connectivity index (χ3v) is 4.42. The van der Waals surface area contributed by atoms with E-state index in [0.717, 1.165) is 13.7 Å². The Morgan fingerprint density at radius 3 is 2.82 bits per heavy atom. The maximum absolute atomic E-state index is 8.79. The molecule has 1 aromatic carbocycles. The Kier molecular flexibility index (Phi) is 3.97. The summed E-state index contributed by atoms with van der Waals surface area (Å²) in [6, 6.07) is 11.4. The second-order valence-electron chi connectivity index (χ2n) is 3.30. The fraction of sp³-hybridized carbons (Fsp3) is 0. The van der Waals surface area contributed by atoms with Crippen LogP contribution in [-0.4, -0.2) is 4.98 Å². The molecule has 1 heterocycles. The van der Waals surface area contributed by atoms with Gasteiger partial charge in [-0.25, -0.2) is 4.98 Å². The Labute approximate surface area is 121 Å². The van der Waals surface area contributed by atoms with Gasteiger partial charge in [0.15, 0.2) is 0 Å². The van der Waals surface area contributed by atoms with Gasteiger partial charge < -0.3 is 5.32 Å². The van der Waals surface area contributed by atoms with Crippen LogP contribution >= 0.6 is 38.5 Å². The molecule has 0 radical (unpaired) electrons. The van der Waals surface area contributed by atoms with Gasteiger partial charge in [-0.05, 0) is 68.9 Å². The van der Waals surface area contributed by atoms with E-state index >= 15 is 0 Å². The van der Waals surface area contributed by atoms with Crippen LogP contribution < -0.4 is 5.32 Å². The Morgan fingerprint density at radius 2 is 2.12 bits per heavy atom. The molecule has 0 bridgehead atoms. The third-order valence-electron chi connectivity index (χ3n) is 2.08. The summed E-state index contributed by atoms with van der Waals surface area (Å²) in [6.45, 7) is 0. The molecule has 0 spiro atoms. The van der Waals surface area contributed by atoms with Crippen LogP contribution in [0.5, 0.6) is 0 Å². The van der Waals surface area contributed by atoms with Crippen molar-refractivity contribution >= 4 is 50.0 Å². The standard InChI is InChI=1S/C12H7BrIN3/c13-10-6-9(1-2-11(10)14)17-12-5-8(7-15)3-4-16-12/h1-6H,(H,16,17). The summed E-state index contributed by atoms with van der Waals surface area (Å²) >= 11 is 5.72. The predicted molar refractivity (Wildman–Crippen MR) is 79.1 cm³/mol. The number of rotatable bonds is 2. The molecule has 0 atom stereocenters. The second-order valence-corrected chi connectivity index (χ2v) is 5.31. The van der Waals surface area contributed by atoms with Gasteiger partial charge in [-0.2, -0.15) is 5.26 Å². The largest absolute Gasteiger partial charge is 0.340 e. The summed E-state index contributed by atoms with van der Waals surface area (Å²) in [4.78, 5) is 4.16. The van der Waals surface area contributed by atoms with Gasteiger partial charge >= 0.3 is 0 Å². The molecule has 0 fully saturated rings. The number of anilines is 2. The maximum Gasteiger partial charge on any atom is 0.131 e. The highest BCUT2D eigenvalue weighted by molar-refractivity contribution is 14.1. The summed E-state index contributed by atoms with van der Waals surface area (Å²) in [6.07, 6.45) is 1.61. The summed E-state index contributed by atoms with van der Waals surface area (Å²) in [7, 11) is 0. The Morgan fingerprint density at radius 1 is 1.29 bits per heavy atom. The van der Waals surface area contributed by atoms with Crippen molar-refractivity contribution in [1.29, 1.82) is 5.26 Å². The van der Waals surface area contributed by atoms with Gasteiger partial charge in [-0.3, -0.25) is 0 Å². The number of hydrogen-bond acceptors (Lipinski definition) is 3. The van der Waals surface area contributed by atoms with E-state index in [9.17, 15) is 0 Å². The SMILES string of the molecule is N#Cc1ccnc(Nc2ccc(I)c(Br)c2)c1. The normalized spacial score (nSPS) is 9.71. The molecule has 0 aliphatic heterocycles. The van der Waals surface area contributed by atoms with Crippen LogP contribution in [0, 0.1) is 14.9 Å². The fourth-order valence-electron chi connectivity index (χ4n) is 1.29. The highest BCUT2D eigenvalue weighted by Gasteiger charge is 2.00. The van der Waals surface area contributed by atoms with Crippen molar-refractivity contribution in [3.05, 3.63) is 50.1 Å². The zero-order chi connectivity index (χ0) is 12.3. The summed E-state index contributed by atoms with van der Waals surface area (Å²) in [5.41, 5.74) is 1.52. The Hall–Kier alpha value is -1.13. The van der Waals surface area contributed by atoms with Crippen molar-refractivity contribution in [2.24, 2.45) is 0 Å². The van der Waals surface area contributed by atoms with Crippen LogP contribution in [0.25, 0.3) is 0 Å². The molecule has 0 amide bonds. The molecule has 0 saturated heterocycles. The third kappa shape index (κ3) is 3.17. The van der Waals surface area contributed by atoms with E-state index in [2.05, 4.69) is 54.9 Å². The summed E-state index contributed by atoms with van der Waals surface area (Å²) < 4.78 is 2.17. The van der Waals surface area contributed by atoms with Crippen LogP contribution in [0.3, 0.4) is 0 Å². The first kappa shape index (κ1) is 12.3. The minimum absolute atomic E-state index is 0.590. The van der Waals surface area contributed by atoms with Crippen LogP contribution in [0.4, 0.5) is 11.5 Å². The molecular formula is C12H7BrIN3. The lowest BCUT2D eigenvalue weighted by Gasteiger charge is -2.06. The minimum atomic E-state index is 0.590. The number of nitrogens with one attached hydrogen (secondary N) is 1. The number of pyridine rings is 1. The van der Waals surface area contributed by atoms with Crippen LogP contribution in [0.1, 0.15) is 5.56 Å². The van der Waals surface area contributed by atoms with Crippen LogP contribution in [0.2, 0.25) is 0 Å². The molecule has 0 aliphatic rings. The first-order valence-corrected chi connectivity index (χ1v) is 6.64. The summed E-state index contributed by atoms with van der Waals surface area (Å²) in [5, 5.41) is 11.9. The average Bonchev–Trinajstić information content (AvgIpc) is 2.34. The first-order chi connectivity index (χ1) is 8.19. The molecule has 0 unspecified atom stereocenters. The molecule has 0 aliphatic carbocycles. The highest BCUT2D eigenvalue weighted by atomic mass is 127. The van der Waals surface area contributed by atoms with Gasteiger partial charge in [0.2, 0.25) is 0 Å². The van der Waals surface area contributed by atoms with E-state index in [1.807, 2.05) is 18.2 Å². The topological polar surface area (TPSA) is 48.7 Å². The smallest absolute Gasteiger partial charge is 0.131 e. The van der Waals surface area contributed by atoms with Crippen molar-refractivity contribution in [1.82, 2.24) is 4.98 Å². The lowest BCUT2D eigenvalue weighted by atomic mass is 10.3. The fourth-order valence-corrected chi connectivity index (χ4v) is 2.00. The van der Waals surface area contributed by atoms with Gasteiger partial charge in [0.25, 0.3) is 0 Å². The number of benzene rings is 1. The first-order valence-electron chi connectivity index (χ1n) is 4.77. The Balaban J connectivity index is 2.25. The molecule has 5 heteroatoms. The van der Waals surface area contributed by atoms with E-state index < -0.39 is 0 Å². The maximum atomic E-state index is 8.79. The van der Waals surface area contributed by atoms with Crippen molar-refractivity contribution in [2.75, 3.05) is 5.32 Å². The average molecular weight is 400 g/mol. The van der Waals surface area contributed by atoms with Crippen molar-refractivity contribution in [2.45, 2.75) is 0 Å².